The summed E-state index contributed by atoms with van der Waals surface area (Å²) < 4.78 is 5.38. The van der Waals surface area contributed by atoms with Crippen LogP contribution in [0.1, 0.15) is 72.1 Å². The Morgan fingerprint density at radius 2 is 1.65 bits per heavy atom. The van der Waals surface area contributed by atoms with Crippen LogP contribution >= 0.6 is 0 Å². The van der Waals surface area contributed by atoms with E-state index in [4.69, 9.17) is 4.74 Å². The average Bonchev–Trinajstić information content (AvgIpc) is 2.90. The maximum absolute atomic E-state index is 11.9. The van der Waals surface area contributed by atoms with Gasteiger partial charge < -0.3 is 10.1 Å². The Balaban J connectivity index is 1.56. The standard InChI is InChI=1S/C19H34N2O2/c1-19(2,3)23-18(22)20-13-16-11-6-12-21(16)17-14-7-4-8-15(17)10-5-9-14/h14-17H,4-13H2,1-3H3,(H,20,22)/t14?,15?,16-,17?/m1/s1. The van der Waals surface area contributed by atoms with Crippen molar-refractivity contribution in [2.24, 2.45) is 11.8 Å². The van der Waals surface area contributed by atoms with Crippen LogP contribution in [0.5, 0.6) is 0 Å². The van der Waals surface area contributed by atoms with Crippen LogP contribution in [0.25, 0.3) is 0 Å². The van der Waals surface area contributed by atoms with Crippen molar-refractivity contribution in [3.05, 3.63) is 0 Å². The first-order valence-corrected chi connectivity index (χ1v) is 9.66. The molecule has 3 aliphatic rings. The van der Waals surface area contributed by atoms with E-state index in [2.05, 4.69) is 10.2 Å². The fraction of sp³-hybridized carbons (Fsp3) is 0.947. The number of likely N-dealkylation sites (tertiary alicyclic amines) is 1. The van der Waals surface area contributed by atoms with Gasteiger partial charge in [0.25, 0.3) is 0 Å². The number of amides is 1. The van der Waals surface area contributed by atoms with Crippen molar-refractivity contribution in [1.82, 2.24) is 10.2 Å². The highest BCUT2D eigenvalue weighted by molar-refractivity contribution is 5.67. The van der Waals surface area contributed by atoms with Crippen molar-refractivity contribution >= 4 is 6.09 Å². The number of nitrogens with one attached hydrogen (secondary N) is 1. The van der Waals surface area contributed by atoms with Crippen LogP contribution in [-0.4, -0.2) is 41.8 Å². The third kappa shape index (κ3) is 4.20. The van der Waals surface area contributed by atoms with E-state index in [1.807, 2.05) is 20.8 Å². The van der Waals surface area contributed by atoms with Crippen LogP contribution in [0.15, 0.2) is 0 Å². The minimum atomic E-state index is -0.417. The Morgan fingerprint density at radius 3 is 2.22 bits per heavy atom. The minimum Gasteiger partial charge on any atom is -0.444 e. The molecule has 0 aromatic rings. The molecule has 2 saturated carbocycles. The molecule has 2 aliphatic carbocycles. The lowest BCUT2D eigenvalue weighted by molar-refractivity contribution is 0.0117. The number of alkyl carbamates (subject to hydrolysis) is 1. The molecule has 2 bridgehead atoms. The SMILES string of the molecule is CC(C)(C)OC(=O)NC[C@H]1CCCN1C1C2CCCC1CCC2. The summed E-state index contributed by atoms with van der Waals surface area (Å²) in [6, 6.07) is 1.29. The van der Waals surface area contributed by atoms with Gasteiger partial charge in [0, 0.05) is 18.6 Å². The van der Waals surface area contributed by atoms with Gasteiger partial charge in [-0.2, -0.15) is 0 Å². The number of carbonyl (C=O) groups excluding carboxylic acids is 1. The molecule has 0 radical (unpaired) electrons. The molecule has 23 heavy (non-hydrogen) atoms. The van der Waals surface area contributed by atoms with Crippen molar-refractivity contribution in [2.45, 2.75) is 89.8 Å². The number of fused-ring (bicyclic) bond motifs is 2. The zero-order chi connectivity index (χ0) is 16.4. The average molecular weight is 322 g/mol. The van der Waals surface area contributed by atoms with Crippen molar-refractivity contribution in [1.29, 1.82) is 0 Å². The van der Waals surface area contributed by atoms with Gasteiger partial charge in [-0.15, -0.1) is 0 Å². The van der Waals surface area contributed by atoms with Gasteiger partial charge in [0.15, 0.2) is 0 Å². The Labute approximate surface area is 141 Å². The zero-order valence-electron chi connectivity index (χ0n) is 15.1. The van der Waals surface area contributed by atoms with Crippen LogP contribution in [0.2, 0.25) is 0 Å². The molecular formula is C19H34N2O2. The lowest BCUT2D eigenvalue weighted by Gasteiger charge is -2.49. The van der Waals surface area contributed by atoms with Crippen LogP contribution in [0.3, 0.4) is 0 Å². The van der Waals surface area contributed by atoms with E-state index < -0.39 is 5.60 Å². The van der Waals surface area contributed by atoms with Crippen LogP contribution in [-0.2, 0) is 4.74 Å². The predicted octanol–water partition coefficient (Wildman–Crippen LogP) is 3.94. The van der Waals surface area contributed by atoms with Gasteiger partial charge >= 0.3 is 6.09 Å². The summed E-state index contributed by atoms with van der Waals surface area (Å²) in [6.07, 6.45) is 10.8. The van der Waals surface area contributed by atoms with Crippen LogP contribution in [0, 0.1) is 11.8 Å². The maximum atomic E-state index is 11.9. The van der Waals surface area contributed by atoms with E-state index in [1.54, 1.807) is 0 Å². The van der Waals surface area contributed by atoms with Crippen molar-refractivity contribution in [3.8, 4) is 0 Å². The monoisotopic (exact) mass is 322 g/mol. The Bertz CT molecular complexity index is 396. The smallest absolute Gasteiger partial charge is 0.407 e. The normalized spacial score (nSPS) is 35.1. The third-order valence-corrected chi connectivity index (χ3v) is 5.95. The molecule has 0 aromatic heterocycles. The van der Waals surface area contributed by atoms with E-state index in [-0.39, 0.29) is 6.09 Å². The lowest BCUT2D eigenvalue weighted by Crippen LogP contribution is -2.54. The van der Waals surface area contributed by atoms with Gasteiger partial charge in [0.1, 0.15) is 5.60 Å². The fourth-order valence-electron chi connectivity index (χ4n) is 5.17. The molecule has 1 N–H and O–H groups in total. The minimum absolute atomic E-state index is 0.270. The van der Waals surface area contributed by atoms with Gasteiger partial charge in [-0.3, -0.25) is 4.90 Å². The highest BCUT2D eigenvalue weighted by atomic mass is 16.6. The van der Waals surface area contributed by atoms with Gasteiger partial charge in [-0.25, -0.2) is 4.79 Å². The fourth-order valence-corrected chi connectivity index (χ4v) is 5.17. The largest absolute Gasteiger partial charge is 0.444 e. The number of ether oxygens (including phenoxy) is 1. The van der Waals surface area contributed by atoms with Crippen molar-refractivity contribution in [2.75, 3.05) is 13.1 Å². The summed E-state index contributed by atoms with van der Waals surface area (Å²) in [4.78, 5) is 14.7. The quantitative estimate of drug-likeness (QED) is 0.855. The first kappa shape index (κ1) is 17.1. The summed E-state index contributed by atoms with van der Waals surface area (Å²) >= 11 is 0. The first-order valence-electron chi connectivity index (χ1n) is 9.66. The molecule has 1 heterocycles. The highest BCUT2D eigenvalue weighted by Gasteiger charge is 2.43. The molecule has 4 heteroatoms. The summed E-state index contributed by atoms with van der Waals surface area (Å²) in [6.45, 7) is 7.70. The van der Waals surface area contributed by atoms with Gasteiger partial charge in [-0.1, -0.05) is 12.8 Å². The molecule has 0 spiro atoms. The van der Waals surface area contributed by atoms with E-state index in [1.165, 1.54) is 57.9 Å². The maximum Gasteiger partial charge on any atom is 0.407 e. The molecule has 1 amide bonds. The molecular weight excluding hydrogens is 288 g/mol. The number of nitrogens with zero attached hydrogens (tertiary/aromatic N) is 1. The molecule has 132 valence electrons. The topological polar surface area (TPSA) is 41.6 Å². The Morgan fingerprint density at radius 1 is 1.04 bits per heavy atom. The van der Waals surface area contributed by atoms with E-state index >= 15 is 0 Å². The summed E-state index contributed by atoms with van der Waals surface area (Å²) in [5, 5.41) is 3.01. The van der Waals surface area contributed by atoms with Crippen LogP contribution in [0.4, 0.5) is 4.79 Å². The lowest BCUT2D eigenvalue weighted by atomic mass is 9.67. The number of carbonyl (C=O) groups is 1. The zero-order valence-corrected chi connectivity index (χ0v) is 15.1. The van der Waals surface area contributed by atoms with Gasteiger partial charge in [0.2, 0.25) is 0 Å². The Hall–Kier alpha value is -0.770. The molecule has 3 rings (SSSR count). The highest BCUT2D eigenvalue weighted by Crippen LogP contribution is 2.44. The molecule has 1 atom stereocenters. The Kier molecular flexibility index (Phi) is 5.19. The predicted molar refractivity (Wildman–Crippen MR) is 92.4 cm³/mol. The second-order valence-electron chi connectivity index (χ2n) is 8.79. The number of hydrogen-bond acceptors (Lipinski definition) is 3. The first-order chi connectivity index (χ1) is 10.9. The molecule has 3 fully saturated rings. The molecule has 1 saturated heterocycles. The third-order valence-electron chi connectivity index (χ3n) is 5.95. The summed E-state index contributed by atoms with van der Waals surface area (Å²) in [7, 11) is 0. The molecule has 1 aliphatic heterocycles. The number of hydrogen-bond donors (Lipinski definition) is 1. The number of rotatable bonds is 3. The van der Waals surface area contributed by atoms with E-state index in [0.717, 1.165) is 24.4 Å². The second kappa shape index (κ2) is 7.00. The summed E-state index contributed by atoms with van der Waals surface area (Å²) in [5.41, 5.74) is -0.417. The van der Waals surface area contributed by atoms with Gasteiger partial charge in [0.05, 0.1) is 0 Å². The summed E-state index contributed by atoms with van der Waals surface area (Å²) in [5.74, 6) is 1.81. The van der Waals surface area contributed by atoms with E-state index in [9.17, 15) is 4.79 Å². The molecule has 0 aromatic carbocycles. The van der Waals surface area contributed by atoms with E-state index in [0.29, 0.717) is 6.04 Å². The van der Waals surface area contributed by atoms with Crippen LogP contribution < -0.4 is 5.32 Å². The molecule has 0 unspecified atom stereocenters. The van der Waals surface area contributed by atoms with Crippen molar-refractivity contribution < 1.29 is 9.53 Å². The molecule has 4 nitrogen and oxygen atoms in total. The van der Waals surface area contributed by atoms with Crippen molar-refractivity contribution in [3.63, 3.8) is 0 Å². The van der Waals surface area contributed by atoms with Gasteiger partial charge in [-0.05, 0) is 77.7 Å². The second-order valence-corrected chi connectivity index (χ2v) is 8.79.